The van der Waals surface area contributed by atoms with E-state index in [1.807, 2.05) is 25.1 Å². The normalized spacial score (nSPS) is 10.8. The first-order valence-electron chi connectivity index (χ1n) is 7.55. The number of para-hydroxylation sites is 1. The fraction of sp³-hybridized carbons (Fsp3) is 0.167. The van der Waals surface area contributed by atoms with E-state index in [1.54, 1.807) is 28.9 Å². The smallest absolute Gasteiger partial charge is 0.226 e. The van der Waals surface area contributed by atoms with Crippen molar-refractivity contribution >= 4 is 34.1 Å². The minimum Gasteiger partial charge on any atom is -0.325 e. The van der Waals surface area contributed by atoms with Crippen LogP contribution >= 0.6 is 11.6 Å². The van der Waals surface area contributed by atoms with Crippen LogP contribution < -0.4 is 10.7 Å². The second kappa shape index (κ2) is 6.84. The summed E-state index contributed by atoms with van der Waals surface area (Å²) in [5.41, 5.74) is 2.20. The molecule has 1 N–H and O–H groups in total. The van der Waals surface area contributed by atoms with Crippen LogP contribution in [0, 0.1) is 6.92 Å². The molecular formula is C18H16ClN3O2. The molecule has 1 aromatic heterocycles. The van der Waals surface area contributed by atoms with Crippen molar-refractivity contribution in [3.8, 4) is 0 Å². The first-order chi connectivity index (χ1) is 11.5. The van der Waals surface area contributed by atoms with E-state index >= 15 is 0 Å². The minimum atomic E-state index is -0.162. The summed E-state index contributed by atoms with van der Waals surface area (Å²) < 4.78 is 1.66. The highest BCUT2D eigenvalue weighted by molar-refractivity contribution is 6.33. The van der Waals surface area contributed by atoms with E-state index in [4.69, 9.17) is 11.6 Å². The molecule has 0 spiro atoms. The largest absolute Gasteiger partial charge is 0.325 e. The van der Waals surface area contributed by atoms with Crippen molar-refractivity contribution in [3.05, 3.63) is 69.5 Å². The molecule has 0 aliphatic carbocycles. The summed E-state index contributed by atoms with van der Waals surface area (Å²) >= 11 is 6.12. The molecule has 3 aromatic rings. The molecule has 2 aromatic carbocycles. The first kappa shape index (κ1) is 16.2. The lowest BCUT2D eigenvalue weighted by Gasteiger charge is -2.10. The number of rotatable bonds is 4. The number of hydrogen-bond donors (Lipinski definition) is 1. The Balaban J connectivity index is 1.73. The van der Waals surface area contributed by atoms with Crippen LogP contribution in [0.15, 0.2) is 53.5 Å². The fourth-order valence-corrected chi connectivity index (χ4v) is 2.76. The number of amides is 1. The summed E-state index contributed by atoms with van der Waals surface area (Å²) in [5, 5.41) is 8.01. The van der Waals surface area contributed by atoms with Gasteiger partial charge in [0.1, 0.15) is 0 Å². The highest BCUT2D eigenvalue weighted by Crippen LogP contribution is 2.22. The van der Waals surface area contributed by atoms with Crippen LogP contribution in [0.4, 0.5) is 5.69 Å². The topological polar surface area (TPSA) is 64.0 Å². The Bertz CT molecular complexity index is 966. The first-order valence-corrected chi connectivity index (χ1v) is 7.93. The van der Waals surface area contributed by atoms with Gasteiger partial charge in [-0.3, -0.25) is 14.3 Å². The third-order valence-electron chi connectivity index (χ3n) is 3.71. The summed E-state index contributed by atoms with van der Waals surface area (Å²) in [6, 6.07) is 12.7. The molecule has 0 aliphatic rings. The number of fused-ring (bicyclic) bond motifs is 1. The van der Waals surface area contributed by atoms with Crippen LogP contribution in [0.1, 0.15) is 12.0 Å². The van der Waals surface area contributed by atoms with E-state index in [0.29, 0.717) is 28.2 Å². The van der Waals surface area contributed by atoms with E-state index in [9.17, 15) is 9.59 Å². The molecule has 0 atom stereocenters. The van der Waals surface area contributed by atoms with Crippen molar-refractivity contribution < 1.29 is 4.79 Å². The molecule has 5 nitrogen and oxygen atoms in total. The number of halogens is 1. The third kappa shape index (κ3) is 3.46. The van der Waals surface area contributed by atoms with Gasteiger partial charge in [0.2, 0.25) is 11.3 Å². The maximum Gasteiger partial charge on any atom is 0.226 e. The van der Waals surface area contributed by atoms with Crippen molar-refractivity contribution in [2.75, 3.05) is 5.32 Å². The van der Waals surface area contributed by atoms with Crippen molar-refractivity contribution in [2.24, 2.45) is 0 Å². The van der Waals surface area contributed by atoms with Crippen molar-refractivity contribution in [3.63, 3.8) is 0 Å². The molecule has 0 unspecified atom stereocenters. The molecule has 24 heavy (non-hydrogen) atoms. The van der Waals surface area contributed by atoms with Gasteiger partial charge in [0, 0.05) is 11.8 Å². The average molecular weight is 342 g/mol. The molecule has 6 heteroatoms. The maximum absolute atomic E-state index is 12.2. The van der Waals surface area contributed by atoms with Crippen LogP contribution in [0.2, 0.25) is 5.02 Å². The number of nitrogens with one attached hydrogen (secondary N) is 1. The number of carbonyl (C=O) groups is 1. The summed E-state index contributed by atoms with van der Waals surface area (Å²) in [6.07, 6.45) is 1.50. The molecule has 0 fully saturated rings. The Morgan fingerprint density at radius 2 is 2.04 bits per heavy atom. The molecule has 3 rings (SSSR count). The lowest BCUT2D eigenvalue weighted by Crippen LogP contribution is -2.18. The van der Waals surface area contributed by atoms with Gasteiger partial charge in [-0.25, -0.2) is 0 Å². The van der Waals surface area contributed by atoms with E-state index < -0.39 is 0 Å². The van der Waals surface area contributed by atoms with Gasteiger partial charge in [0.05, 0.1) is 29.0 Å². The SMILES string of the molecule is Cc1ccc(NC(=O)CCn2ncc(=O)c3ccccc32)c(Cl)c1. The number of anilines is 1. The van der Waals surface area contributed by atoms with Crippen LogP contribution in [0.5, 0.6) is 0 Å². The summed E-state index contributed by atoms with van der Waals surface area (Å²) in [5.74, 6) is -0.162. The Kier molecular flexibility index (Phi) is 4.62. The van der Waals surface area contributed by atoms with Gasteiger partial charge >= 0.3 is 0 Å². The predicted molar refractivity (Wildman–Crippen MR) is 95.4 cm³/mol. The summed E-state index contributed by atoms with van der Waals surface area (Å²) in [7, 11) is 0. The molecule has 0 bridgehead atoms. The zero-order valence-corrected chi connectivity index (χ0v) is 13.9. The van der Waals surface area contributed by atoms with Crippen molar-refractivity contribution in [1.29, 1.82) is 0 Å². The highest BCUT2D eigenvalue weighted by Gasteiger charge is 2.08. The monoisotopic (exact) mass is 341 g/mol. The Morgan fingerprint density at radius 3 is 2.83 bits per heavy atom. The molecule has 0 aliphatic heterocycles. The standard InChI is InChI=1S/C18H16ClN3O2/c1-12-6-7-15(14(19)10-12)21-18(24)8-9-22-16-5-3-2-4-13(16)17(23)11-20-22/h2-7,10-11H,8-9H2,1H3,(H,21,24). The zero-order chi connectivity index (χ0) is 17.1. The van der Waals surface area contributed by atoms with Gasteiger partial charge in [-0.2, -0.15) is 5.10 Å². The van der Waals surface area contributed by atoms with E-state index in [1.165, 1.54) is 6.20 Å². The van der Waals surface area contributed by atoms with Crippen LogP contribution in [0.3, 0.4) is 0 Å². The minimum absolute atomic E-state index is 0.127. The number of aromatic nitrogens is 2. The zero-order valence-electron chi connectivity index (χ0n) is 13.1. The Hall–Kier alpha value is -2.66. The van der Waals surface area contributed by atoms with Crippen molar-refractivity contribution in [1.82, 2.24) is 9.78 Å². The lowest BCUT2D eigenvalue weighted by atomic mass is 10.2. The van der Waals surface area contributed by atoms with E-state index in [0.717, 1.165) is 5.56 Å². The summed E-state index contributed by atoms with van der Waals surface area (Å²) in [4.78, 5) is 24.0. The molecule has 0 saturated heterocycles. The average Bonchev–Trinajstić information content (AvgIpc) is 2.57. The van der Waals surface area contributed by atoms with Gasteiger partial charge in [-0.15, -0.1) is 0 Å². The maximum atomic E-state index is 12.2. The second-order valence-corrected chi connectivity index (χ2v) is 5.94. The third-order valence-corrected chi connectivity index (χ3v) is 4.02. The molecule has 1 heterocycles. The van der Waals surface area contributed by atoms with Gasteiger partial charge in [0.25, 0.3) is 0 Å². The number of hydrogen-bond acceptors (Lipinski definition) is 3. The summed E-state index contributed by atoms with van der Waals surface area (Å²) in [6.45, 7) is 2.31. The van der Waals surface area contributed by atoms with Gasteiger partial charge in [-0.05, 0) is 36.8 Å². The molecular weight excluding hydrogens is 326 g/mol. The van der Waals surface area contributed by atoms with Gasteiger partial charge < -0.3 is 5.32 Å². The second-order valence-electron chi connectivity index (χ2n) is 5.53. The van der Waals surface area contributed by atoms with E-state index in [-0.39, 0.29) is 17.8 Å². The van der Waals surface area contributed by atoms with Crippen LogP contribution in [0.25, 0.3) is 10.9 Å². The quantitative estimate of drug-likeness (QED) is 0.791. The Morgan fingerprint density at radius 1 is 1.25 bits per heavy atom. The molecule has 1 amide bonds. The number of aryl methyl sites for hydroxylation is 2. The molecule has 0 saturated carbocycles. The lowest BCUT2D eigenvalue weighted by molar-refractivity contribution is -0.116. The Labute approximate surface area is 143 Å². The highest BCUT2D eigenvalue weighted by atomic mass is 35.5. The van der Waals surface area contributed by atoms with Crippen LogP contribution in [-0.4, -0.2) is 15.7 Å². The number of benzene rings is 2. The van der Waals surface area contributed by atoms with E-state index in [2.05, 4.69) is 10.4 Å². The van der Waals surface area contributed by atoms with Gasteiger partial charge in [-0.1, -0.05) is 29.8 Å². The predicted octanol–water partition coefficient (Wildman–Crippen LogP) is 3.39. The number of nitrogens with zero attached hydrogens (tertiary/aromatic N) is 2. The number of carbonyl (C=O) groups excluding carboxylic acids is 1. The van der Waals surface area contributed by atoms with Crippen LogP contribution in [-0.2, 0) is 11.3 Å². The van der Waals surface area contributed by atoms with Crippen molar-refractivity contribution in [2.45, 2.75) is 19.9 Å². The van der Waals surface area contributed by atoms with Gasteiger partial charge in [0.15, 0.2) is 0 Å². The fourth-order valence-electron chi connectivity index (χ4n) is 2.48. The molecule has 0 radical (unpaired) electrons. The molecule has 122 valence electrons.